The number of fused-ring (bicyclic) bond motifs is 1. The number of nitrogens with zero attached hydrogens (tertiary/aromatic N) is 1. The lowest BCUT2D eigenvalue weighted by atomic mass is 9.77. The van der Waals surface area contributed by atoms with E-state index in [4.69, 9.17) is 4.74 Å². The normalized spacial score (nSPS) is 19.9. The zero-order valence-electron chi connectivity index (χ0n) is 23.0. The van der Waals surface area contributed by atoms with Gasteiger partial charge in [0.1, 0.15) is 12.6 Å². The average molecular weight is 546 g/mol. The van der Waals surface area contributed by atoms with Crippen LogP contribution in [-0.4, -0.2) is 48.0 Å². The Morgan fingerprint density at radius 2 is 1.27 bits per heavy atom. The summed E-state index contributed by atoms with van der Waals surface area (Å²) in [6, 6.07) is 40.5. The molecular weight excluding hydrogens is 510 g/mol. The summed E-state index contributed by atoms with van der Waals surface area (Å²) in [5.74, 6) is -0.322. The summed E-state index contributed by atoms with van der Waals surface area (Å²) in [5.41, 5.74) is 3.81. The van der Waals surface area contributed by atoms with Gasteiger partial charge in [-0.3, -0.25) is 10.1 Å². The number of benzene rings is 4. The van der Waals surface area contributed by atoms with Crippen molar-refractivity contribution in [2.75, 3.05) is 13.1 Å². The van der Waals surface area contributed by atoms with Crippen molar-refractivity contribution in [3.63, 3.8) is 0 Å². The lowest BCUT2D eigenvalue weighted by molar-refractivity contribution is -0.161. The molecule has 0 radical (unpaired) electrons. The predicted molar refractivity (Wildman–Crippen MR) is 159 cm³/mol. The number of nitrogens with one attached hydrogen (secondary N) is 2. The van der Waals surface area contributed by atoms with Gasteiger partial charge in [0.15, 0.2) is 0 Å². The predicted octanol–water partition coefficient (Wildman–Crippen LogP) is 4.64. The molecule has 41 heavy (non-hydrogen) atoms. The molecule has 0 saturated carbocycles. The minimum absolute atomic E-state index is 0.0235. The van der Waals surface area contributed by atoms with Gasteiger partial charge in [0.25, 0.3) is 0 Å². The van der Waals surface area contributed by atoms with E-state index < -0.39 is 11.6 Å². The third kappa shape index (κ3) is 5.41. The Kier molecular flexibility index (Phi) is 7.94. The molecule has 6 nitrogen and oxygen atoms in total. The maximum Gasteiger partial charge on any atom is 0.330 e. The molecule has 6 rings (SSSR count). The summed E-state index contributed by atoms with van der Waals surface area (Å²) < 4.78 is 5.69. The molecule has 4 aromatic rings. The third-order valence-electron chi connectivity index (χ3n) is 8.31. The number of ether oxygens (including phenoxy) is 1. The Labute approximate surface area is 241 Å². The van der Waals surface area contributed by atoms with Crippen molar-refractivity contribution in [3.05, 3.63) is 144 Å². The van der Waals surface area contributed by atoms with Crippen LogP contribution in [0.5, 0.6) is 0 Å². The quantitative estimate of drug-likeness (QED) is 0.124. The number of esters is 1. The molecule has 2 fully saturated rings. The Balaban J connectivity index is 1.19. The summed E-state index contributed by atoms with van der Waals surface area (Å²) in [6.07, 6.45) is 1.25. The largest absolute Gasteiger partial charge is 0.459 e. The molecule has 2 N–H and O–H groups in total. The highest BCUT2D eigenvalue weighted by atomic mass is 16.5. The van der Waals surface area contributed by atoms with Gasteiger partial charge < -0.3 is 15.0 Å². The highest BCUT2D eigenvalue weighted by Crippen LogP contribution is 2.37. The molecule has 0 aliphatic carbocycles. The number of carbonyl (C=O) groups excluding carboxylic acids is 2. The maximum absolute atomic E-state index is 13.2. The summed E-state index contributed by atoms with van der Waals surface area (Å²) in [6.45, 7) is 1.46. The van der Waals surface area contributed by atoms with Crippen molar-refractivity contribution >= 4 is 11.9 Å². The van der Waals surface area contributed by atoms with E-state index in [0.717, 1.165) is 28.7 Å². The van der Waals surface area contributed by atoms with Gasteiger partial charge in [-0.1, -0.05) is 121 Å². The first-order valence-corrected chi connectivity index (χ1v) is 14.3. The molecule has 3 atom stereocenters. The van der Waals surface area contributed by atoms with Crippen LogP contribution in [0, 0.1) is 0 Å². The van der Waals surface area contributed by atoms with Crippen LogP contribution < -0.4 is 10.6 Å². The first kappa shape index (κ1) is 26.9. The number of hydrogen-bond donors (Lipinski definition) is 2. The monoisotopic (exact) mass is 545 g/mol. The van der Waals surface area contributed by atoms with Crippen molar-refractivity contribution in [1.82, 2.24) is 15.5 Å². The molecule has 6 heteroatoms. The third-order valence-corrected chi connectivity index (χ3v) is 8.31. The second-order valence-corrected chi connectivity index (χ2v) is 10.8. The van der Waals surface area contributed by atoms with Crippen molar-refractivity contribution in [3.8, 4) is 0 Å². The van der Waals surface area contributed by atoms with E-state index in [1.165, 1.54) is 0 Å². The molecule has 1 amide bonds. The van der Waals surface area contributed by atoms with Gasteiger partial charge in [-0.05, 0) is 28.7 Å². The Morgan fingerprint density at radius 3 is 1.78 bits per heavy atom. The summed E-state index contributed by atoms with van der Waals surface area (Å²) in [7, 11) is 0. The fourth-order valence-electron chi connectivity index (χ4n) is 6.36. The lowest BCUT2D eigenvalue weighted by Gasteiger charge is -2.38. The van der Waals surface area contributed by atoms with Gasteiger partial charge in [0.2, 0.25) is 5.91 Å². The topological polar surface area (TPSA) is 70.7 Å². The molecular formula is C35H35N3O3. The smallest absolute Gasteiger partial charge is 0.330 e. The number of β-lactam (4-membered cyclic amide) rings is 1. The first-order valence-electron chi connectivity index (χ1n) is 14.3. The SMILES string of the molecule is O=C(OCc1ccccc1)C1C(NCCNC(c2ccccc2)(c2ccccc2)c2ccccc2)CC2CC(=O)N21. The Hall–Kier alpha value is -4.26. The first-order chi connectivity index (χ1) is 20.2. The Bertz CT molecular complexity index is 1350. The van der Waals surface area contributed by atoms with Crippen LogP contribution in [0.2, 0.25) is 0 Å². The molecule has 2 heterocycles. The molecule has 2 aliphatic rings. The summed E-state index contributed by atoms with van der Waals surface area (Å²) in [4.78, 5) is 27.4. The van der Waals surface area contributed by atoms with Gasteiger partial charge in [0.05, 0.1) is 5.54 Å². The Morgan fingerprint density at radius 1 is 0.756 bits per heavy atom. The highest BCUT2D eigenvalue weighted by molar-refractivity contribution is 5.91. The van der Waals surface area contributed by atoms with Crippen LogP contribution in [0.25, 0.3) is 0 Å². The molecule has 0 bridgehead atoms. The molecule has 0 spiro atoms. The fourth-order valence-corrected chi connectivity index (χ4v) is 6.36. The molecule has 208 valence electrons. The van der Waals surface area contributed by atoms with Crippen LogP contribution in [-0.2, 0) is 26.5 Å². The molecule has 4 aromatic carbocycles. The van der Waals surface area contributed by atoms with Gasteiger partial charge in [-0.2, -0.15) is 0 Å². The maximum atomic E-state index is 13.2. The second-order valence-electron chi connectivity index (χ2n) is 10.8. The lowest BCUT2D eigenvalue weighted by Crippen LogP contribution is -2.57. The molecule has 2 aliphatic heterocycles. The van der Waals surface area contributed by atoms with Crippen molar-refractivity contribution < 1.29 is 14.3 Å². The minimum Gasteiger partial charge on any atom is -0.459 e. The molecule has 3 unspecified atom stereocenters. The number of hydrogen-bond acceptors (Lipinski definition) is 5. The fraction of sp³-hybridized carbons (Fsp3) is 0.257. The second kappa shape index (κ2) is 12.1. The van der Waals surface area contributed by atoms with Crippen molar-refractivity contribution in [2.45, 2.75) is 43.1 Å². The number of rotatable bonds is 11. The minimum atomic E-state index is -0.605. The number of amides is 1. The van der Waals surface area contributed by atoms with E-state index in [1.807, 2.05) is 48.5 Å². The molecule has 0 aromatic heterocycles. The van der Waals surface area contributed by atoms with Crippen molar-refractivity contribution in [2.24, 2.45) is 0 Å². The van der Waals surface area contributed by atoms with E-state index in [-0.39, 0.29) is 30.6 Å². The van der Waals surface area contributed by atoms with E-state index >= 15 is 0 Å². The van der Waals surface area contributed by atoms with E-state index in [0.29, 0.717) is 19.5 Å². The van der Waals surface area contributed by atoms with Crippen molar-refractivity contribution in [1.29, 1.82) is 0 Å². The highest BCUT2D eigenvalue weighted by Gasteiger charge is 2.54. The van der Waals surface area contributed by atoms with Crippen LogP contribution in [0.3, 0.4) is 0 Å². The van der Waals surface area contributed by atoms with Gasteiger partial charge in [-0.25, -0.2) is 4.79 Å². The summed E-state index contributed by atoms with van der Waals surface area (Å²) >= 11 is 0. The van der Waals surface area contributed by atoms with Gasteiger partial charge >= 0.3 is 5.97 Å². The average Bonchev–Trinajstić information content (AvgIpc) is 3.33. The van der Waals surface area contributed by atoms with Crippen LogP contribution in [0.1, 0.15) is 35.1 Å². The van der Waals surface area contributed by atoms with E-state index in [9.17, 15) is 9.59 Å². The molecule has 2 saturated heterocycles. The van der Waals surface area contributed by atoms with Crippen LogP contribution in [0.15, 0.2) is 121 Å². The van der Waals surface area contributed by atoms with E-state index in [2.05, 4.69) is 83.4 Å². The zero-order valence-corrected chi connectivity index (χ0v) is 23.0. The van der Waals surface area contributed by atoms with E-state index in [1.54, 1.807) is 4.90 Å². The summed E-state index contributed by atoms with van der Waals surface area (Å²) in [5, 5.41) is 7.49. The van der Waals surface area contributed by atoms with Gasteiger partial charge in [-0.15, -0.1) is 0 Å². The van der Waals surface area contributed by atoms with Gasteiger partial charge in [0, 0.05) is 31.6 Å². The van der Waals surface area contributed by atoms with Crippen LogP contribution in [0.4, 0.5) is 0 Å². The zero-order chi connectivity index (χ0) is 28.1. The van der Waals surface area contributed by atoms with Crippen LogP contribution >= 0.6 is 0 Å². The number of carbonyl (C=O) groups is 2. The standard InChI is InChI=1S/C35H35N3O3/c39-32-24-30-23-31(33(38(30)32)34(40)41-25-26-13-5-1-6-14-26)36-21-22-37-35(27-15-7-2-8-16-27,28-17-9-3-10-18-28)29-19-11-4-12-20-29/h1-20,30-31,33,36-37H,21-25H2.